The number of thiocarbonyl (C=S) groups is 2. The van der Waals surface area contributed by atoms with Crippen molar-refractivity contribution in [3.05, 3.63) is 52.6 Å². The Morgan fingerprint density at radius 2 is 2.15 bits per heavy atom. The van der Waals surface area contributed by atoms with E-state index in [1.165, 1.54) is 0 Å². The van der Waals surface area contributed by atoms with Crippen molar-refractivity contribution in [2.24, 2.45) is 0 Å². The minimum absolute atomic E-state index is 0.124. The topological polar surface area (TPSA) is 33.1 Å². The van der Waals surface area contributed by atoms with Crippen LogP contribution in [0, 0.1) is 0 Å². The monoisotopic (exact) mass is 301 g/mol. The van der Waals surface area contributed by atoms with E-state index in [1.54, 1.807) is 12.4 Å². The fourth-order valence-electron chi connectivity index (χ4n) is 2.41. The average Bonchev–Trinajstić information content (AvgIpc) is 2.53. The molecule has 0 saturated heterocycles. The molecule has 1 atom stereocenters. The molecule has 1 aromatic rings. The molecule has 1 saturated carbocycles. The summed E-state index contributed by atoms with van der Waals surface area (Å²) in [5.41, 5.74) is 3.44. The second-order valence-electron chi connectivity index (χ2n) is 4.78. The molecule has 20 heavy (non-hydrogen) atoms. The number of hydrogen-bond donors (Lipinski definition) is 1. The van der Waals surface area contributed by atoms with Gasteiger partial charge in [-0.15, -0.1) is 0 Å². The van der Waals surface area contributed by atoms with E-state index in [0.717, 1.165) is 41.5 Å². The second-order valence-corrected chi connectivity index (χ2v) is 5.19. The fraction of sp³-hybridized carbons (Fsp3) is 0.312. The fourth-order valence-corrected chi connectivity index (χ4v) is 2.86. The standard InChI is InChI=1S/C16H15NOS2/c1-11(12-5-3-7-17-8-12)16(18)14-6-2-4-13(9-19)15(14)10-20/h3,5,7-8,11,18H,2,4,6H2,1H3. The van der Waals surface area contributed by atoms with Gasteiger partial charge in [-0.3, -0.25) is 4.98 Å². The largest absolute Gasteiger partial charge is 0.511 e. The van der Waals surface area contributed by atoms with Crippen LogP contribution >= 0.6 is 24.4 Å². The summed E-state index contributed by atoms with van der Waals surface area (Å²) in [4.78, 5) is 4.09. The first-order valence-corrected chi connectivity index (χ1v) is 7.32. The van der Waals surface area contributed by atoms with Gasteiger partial charge in [0.15, 0.2) is 0 Å². The molecule has 1 aliphatic carbocycles. The summed E-state index contributed by atoms with van der Waals surface area (Å²) in [6, 6.07) is 3.82. The lowest BCUT2D eigenvalue weighted by atomic mass is 9.83. The van der Waals surface area contributed by atoms with Gasteiger partial charge in [0, 0.05) is 35.0 Å². The number of aromatic nitrogens is 1. The number of aliphatic hydroxyl groups is 1. The number of rotatable bonds is 2. The van der Waals surface area contributed by atoms with Crippen molar-refractivity contribution in [1.82, 2.24) is 4.98 Å². The van der Waals surface area contributed by atoms with Crippen LogP contribution in [0.25, 0.3) is 0 Å². The SMILES string of the molecule is CC(C(O)=C1CCCC(=C=S)C1=C=S)c1cccnc1. The molecular formula is C16H15NOS2. The Hall–Kier alpha value is -1.57. The average molecular weight is 301 g/mol. The van der Waals surface area contributed by atoms with Crippen molar-refractivity contribution in [2.75, 3.05) is 0 Å². The molecule has 0 radical (unpaired) electrons. The Morgan fingerprint density at radius 3 is 2.75 bits per heavy atom. The molecule has 2 rings (SSSR count). The van der Waals surface area contributed by atoms with Crippen LogP contribution in [-0.2, 0) is 0 Å². The molecule has 1 aliphatic rings. The Labute approximate surface area is 129 Å². The molecule has 0 amide bonds. The maximum absolute atomic E-state index is 10.6. The van der Waals surface area contributed by atoms with Crippen LogP contribution in [0.15, 0.2) is 47.0 Å². The van der Waals surface area contributed by atoms with Gasteiger partial charge in [0.25, 0.3) is 0 Å². The first-order valence-electron chi connectivity index (χ1n) is 6.50. The molecule has 0 spiro atoms. The molecule has 1 fully saturated rings. The van der Waals surface area contributed by atoms with Crippen LogP contribution in [0.4, 0.5) is 0 Å². The van der Waals surface area contributed by atoms with E-state index in [-0.39, 0.29) is 5.92 Å². The number of pyridine rings is 1. The summed E-state index contributed by atoms with van der Waals surface area (Å²) in [6.07, 6.45) is 6.06. The van der Waals surface area contributed by atoms with Crippen molar-refractivity contribution in [3.63, 3.8) is 0 Å². The Balaban J connectivity index is 2.45. The first kappa shape index (κ1) is 14.8. The predicted molar refractivity (Wildman–Crippen MR) is 88.4 cm³/mol. The third-order valence-corrected chi connectivity index (χ3v) is 4.04. The lowest BCUT2D eigenvalue weighted by molar-refractivity contribution is 0.365. The number of allylic oxidation sites excluding steroid dienone is 4. The lowest BCUT2D eigenvalue weighted by Gasteiger charge is -2.22. The highest BCUT2D eigenvalue weighted by molar-refractivity contribution is 7.78. The summed E-state index contributed by atoms with van der Waals surface area (Å²) >= 11 is 9.87. The van der Waals surface area contributed by atoms with Crippen LogP contribution in [0.3, 0.4) is 0 Å². The van der Waals surface area contributed by atoms with E-state index >= 15 is 0 Å². The van der Waals surface area contributed by atoms with Gasteiger partial charge in [-0.05, 0) is 65.4 Å². The molecule has 1 unspecified atom stereocenters. The zero-order chi connectivity index (χ0) is 14.5. The minimum atomic E-state index is -0.124. The molecule has 1 N–H and O–H groups in total. The van der Waals surface area contributed by atoms with Crippen molar-refractivity contribution in [2.45, 2.75) is 32.1 Å². The number of hydrogen-bond acceptors (Lipinski definition) is 4. The van der Waals surface area contributed by atoms with E-state index < -0.39 is 0 Å². The highest BCUT2D eigenvalue weighted by atomic mass is 32.1. The molecule has 1 aromatic heterocycles. The maximum atomic E-state index is 10.6. The van der Waals surface area contributed by atoms with E-state index in [9.17, 15) is 5.11 Å². The van der Waals surface area contributed by atoms with Crippen molar-refractivity contribution < 1.29 is 5.11 Å². The maximum Gasteiger partial charge on any atom is 0.104 e. The van der Waals surface area contributed by atoms with Crippen molar-refractivity contribution >= 4 is 34.5 Å². The first-order chi connectivity index (χ1) is 9.69. The van der Waals surface area contributed by atoms with Crippen LogP contribution in [0.1, 0.15) is 37.7 Å². The molecule has 102 valence electrons. The van der Waals surface area contributed by atoms with E-state index in [0.29, 0.717) is 5.76 Å². The van der Waals surface area contributed by atoms with Gasteiger partial charge in [0.1, 0.15) is 5.76 Å². The van der Waals surface area contributed by atoms with Crippen molar-refractivity contribution in [3.8, 4) is 0 Å². The predicted octanol–water partition coefficient (Wildman–Crippen LogP) is 4.23. The van der Waals surface area contributed by atoms with Crippen LogP contribution < -0.4 is 0 Å². The summed E-state index contributed by atoms with van der Waals surface area (Å²) in [6.45, 7) is 1.95. The third-order valence-electron chi connectivity index (χ3n) is 3.59. The van der Waals surface area contributed by atoms with E-state index in [1.807, 2.05) is 19.1 Å². The molecule has 4 heteroatoms. The number of aliphatic hydroxyl groups excluding tert-OH is 1. The Kier molecular flexibility index (Phi) is 4.99. The Bertz CT molecular complexity index is 636. The van der Waals surface area contributed by atoms with Crippen LogP contribution in [-0.4, -0.2) is 20.1 Å². The quantitative estimate of drug-likeness (QED) is 0.654. The van der Waals surface area contributed by atoms with Crippen molar-refractivity contribution in [1.29, 1.82) is 0 Å². The summed E-state index contributed by atoms with van der Waals surface area (Å²) in [5.74, 6) is 0.203. The molecule has 0 bridgehead atoms. The van der Waals surface area contributed by atoms with E-state index in [4.69, 9.17) is 24.4 Å². The van der Waals surface area contributed by atoms with Gasteiger partial charge in [0.2, 0.25) is 0 Å². The van der Waals surface area contributed by atoms with Gasteiger partial charge >= 0.3 is 0 Å². The van der Waals surface area contributed by atoms with Gasteiger partial charge in [-0.1, -0.05) is 13.0 Å². The minimum Gasteiger partial charge on any atom is -0.511 e. The zero-order valence-corrected chi connectivity index (χ0v) is 12.9. The zero-order valence-electron chi connectivity index (χ0n) is 11.2. The smallest absolute Gasteiger partial charge is 0.104 e. The normalized spacial score (nSPS) is 19.1. The second kappa shape index (κ2) is 6.74. The van der Waals surface area contributed by atoms with Crippen LogP contribution in [0.5, 0.6) is 0 Å². The third kappa shape index (κ3) is 2.95. The molecule has 0 aliphatic heterocycles. The Morgan fingerprint density at radius 1 is 1.35 bits per heavy atom. The summed E-state index contributed by atoms with van der Waals surface area (Å²) in [5, 5.41) is 16.1. The van der Waals surface area contributed by atoms with Gasteiger partial charge < -0.3 is 5.11 Å². The van der Waals surface area contributed by atoms with Crippen LogP contribution in [0.2, 0.25) is 0 Å². The lowest BCUT2D eigenvalue weighted by Crippen LogP contribution is -2.10. The molecule has 1 heterocycles. The molecule has 2 nitrogen and oxygen atoms in total. The summed E-state index contributed by atoms with van der Waals surface area (Å²) < 4.78 is 0. The summed E-state index contributed by atoms with van der Waals surface area (Å²) in [7, 11) is 0. The van der Waals surface area contributed by atoms with Gasteiger partial charge in [-0.2, -0.15) is 0 Å². The highest BCUT2D eigenvalue weighted by Gasteiger charge is 2.23. The van der Waals surface area contributed by atoms with Gasteiger partial charge in [0.05, 0.1) is 0 Å². The molecule has 0 aromatic carbocycles. The highest BCUT2D eigenvalue weighted by Crippen LogP contribution is 2.36. The molecular weight excluding hydrogens is 286 g/mol. The van der Waals surface area contributed by atoms with Gasteiger partial charge in [-0.25, -0.2) is 0 Å². The van der Waals surface area contributed by atoms with E-state index in [2.05, 4.69) is 15.0 Å². The number of nitrogens with zero attached hydrogens (tertiary/aromatic N) is 1.